The second kappa shape index (κ2) is 6.16. The summed E-state index contributed by atoms with van der Waals surface area (Å²) in [6.45, 7) is 1.95. The summed E-state index contributed by atoms with van der Waals surface area (Å²) < 4.78 is 0. The predicted molar refractivity (Wildman–Crippen MR) is 48.8 cm³/mol. The molecule has 0 heterocycles. The van der Waals surface area contributed by atoms with E-state index in [9.17, 15) is 4.79 Å². The van der Waals surface area contributed by atoms with Gasteiger partial charge in [-0.3, -0.25) is 0 Å². The van der Waals surface area contributed by atoms with Crippen molar-refractivity contribution < 1.29 is 15.1 Å². The smallest absolute Gasteiger partial charge is 0.335 e. The van der Waals surface area contributed by atoms with Gasteiger partial charge in [0.1, 0.15) is 0 Å². The average molecular weight is 183 g/mol. The fourth-order valence-electron chi connectivity index (χ4n) is 1.04. The van der Waals surface area contributed by atoms with Crippen LogP contribution in [-0.2, 0) is 6.42 Å². The summed E-state index contributed by atoms with van der Waals surface area (Å²) in [7, 11) is 0. The molecule has 1 rings (SSSR count). The lowest BCUT2D eigenvalue weighted by atomic mass is 10.1. The van der Waals surface area contributed by atoms with Gasteiger partial charge in [-0.1, -0.05) is 25.1 Å². The van der Waals surface area contributed by atoms with Crippen molar-refractivity contribution in [1.29, 1.82) is 0 Å². The maximum atomic E-state index is 10.6. The number of hydrogen-bond donors (Lipinski definition) is 3. The SMILES string of the molecule is CCc1ccccc1C(=O)O.NO. The summed E-state index contributed by atoms with van der Waals surface area (Å²) in [6.07, 6.45) is 0.766. The van der Waals surface area contributed by atoms with Crippen molar-refractivity contribution in [2.24, 2.45) is 5.90 Å². The molecule has 0 saturated carbocycles. The average Bonchev–Trinajstić information content (AvgIpc) is 2.20. The van der Waals surface area contributed by atoms with E-state index in [2.05, 4.69) is 5.90 Å². The Morgan fingerprint density at radius 1 is 1.38 bits per heavy atom. The van der Waals surface area contributed by atoms with E-state index < -0.39 is 5.97 Å². The zero-order valence-electron chi connectivity index (χ0n) is 7.40. The van der Waals surface area contributed by atoms with E-state index in [-0.39, 0.29) is 0 Å². The minimum Gasteiger partial charge on any atom is -0.478 e. The molecule has 1 aromatic rings. The lowest BCUT2D eigenvalue weighted by Gasteiger charge is -2.00. The van der Waals surface area contributed by atoms with E-state index in [0.29, 0.717) is 5.56 Å². The Bertz CT molecular complexity index is 273. The maximum Gasteiger partial charge on any atom is 0.335 e. The Morgan fingerprint density at radius 3 is 2.31 bits per heavy atom. The highest BCUT2D eigenvalue weighted by atomic mass is 16.4. The first-order valence-corrected chi connectivity index (χ1v) is 3.82. The van der Waals surface area contributed by atoms with Gasteiger partial charge in [-0.25, -0.2) is 10.7 Å². The standard InChI is InChI=1S/C9H10O2.H3NO/c1-2-7-5-3-4-6-8(7)9(10)11;1-2/h3-6H,2H2,1H3,(H,10,11);2H,1H2. The van der Waals surface area contributed by atoms with Crippen LogP contribution in [0.5, 0.6) is 0 Å². The summed E-state index contributed by atoms with van der Waals surface area (Å²) >= 11 is 0. The van der Waals surface area contributed by atoms with E-state index in [1.165, 1.54) is 0 Å². The van der Waals surface area contributed by atoms with E-state index in [1.54, 1.807) is 12.1 Å². The summed E-state index contributed by atoms with van der Waals surface area (Å²) in [5, 5.41) is 15.2. The molecule has 4 heteroatoms. The third kappa shape index (κ3) is 3.23. The Balaban J connectivity index is 0.000000671. The number of aromatic carboxylic acids is 1. The number of carboxylic acid groups (broad SMARTS) is 1. The fourth-order valence-corrected chi connectivity index (χ4v) is 1.04. The van der Waals surface area contributed by atoms with Crippen LogP contribution in [0.2, 0.25) is 0 Å². The predicted octanol–water partition coefficient (Wildman–Crippen LogP) is 1.28. The molecule has 0 fully saturated rings. The molecule has 1 aromatic carbocycles. The van der Waals surface area contributed by atoms with Crippen molar-refractivity contribution in [2.45, 2.75) is 13.3 Å². The molecular formula is C9H13NO3. The number of carboxylic acids is 1. The Morgan fingerprint density at radius 2 is 1.92 bits per heavy atom. The van der Waals surface area contributed by atoms with Crippen LogP contribution in [0.15, 0.2) is 24.3 Å². The molecule has 0 saturated heterocycles. The lowest BCUT2D eigenvalue weighted by molar-refractivity contribution is 0.0695. The van der Waals surface area contributed by atoms with Gasteiger partial charge in [0, 0.05) is 0 Å². The molecule has 0 aliphatic carbocycles. The van der Waals surface area contributed by atoms with Gasteiger partial charge >= 0.3 is 5.97 Å². The molecule has 0 amide bonds. The highest BCUT2D eigenvalue weighted by molar-refractivity contribution is 5.89. The number of carbonyl (C=O) groups is 1. The molecule has 0 spiro atoms. The highest BCUT2D eigenvalue weighted by Crippen LogP contribution is 2.08. The molecule has 0 radical (unpaired) electrons. The Hall–Kier alpha value is -1.39. The lowest BCUT2D eigenvalue weighted by Crippen LogP contribution is -2.00. The third-order valence-electron chi connectivity index (χ3n) is 1.63. The quantitative estimate of drug-likeness (QED) is 0.603. The molecule has 4 nitrogen and oxygen atoms in total. The van der Waals surface area contributed by atoms with Gasteiger partial charge < -0.3 is 10.3 Å². The van der Waals surface area contributed by atoms with Crippen LogP contribution in [0.4, 0.5) is 0 Å². The van der Waals surface area contributed by atoms with Gasteiger partial charge in [0.15, 0.2) is 0 Å². The molecule has 72 valence electrons. The number of nitrogens with two attached hydrogens (primary N) is 1. The largest absolute Gasteiger partial charge is 0.478 e. The summed E-state index contributed by atoms with van der Waals surface area (Å²) in [5.74, 6) is 2.66. The van der Waals surface area contributed by atoms with Crippen molar-refractivity contribution in [3.8, 4) is 0 Å². The first kappa shape index (κ1) is 11.6. The molecule has 0 aromatic heterocycles. The number of aryl methyl sites for hydroxylation is 1. The fraction of sp³-hybridized carbons (Fsp3) is 0.222. The highest BCUT2D eigenvalue weighted by Gasteiger charge is 2.05. The third-order valence-corrected chi connectivity index (χ3v) is 1.63. The van der Waals surface area contributed by atoms with Gasteiger partial charge in [-0.05, 0) is 18.1 Å². The van der Waals surface area contributed by atoms with E-state index in [1.807, 2.05) is 19.1 Å². The van der Waals surface area contributed by atoms with E-state index in [4.69, 9.17) is 10.3 Å². The van der Waals surface area contributed by atoms with Crippen LogP contribution in [-0.4, -0.2) is 16.3 Å². The number of rotatable bonds is 2. The zero-order valence-corrected chi connectivity index (χ0v) is 7.40. The first-order valence-electron chi connectivity index (χ1n) is 3.82. The Kier molecular flexibility index (Phi) is 5.50. The molecule has 0 aliphatic heterocycles. The minimum atomic E-state index is -0.845. The summed E-state index contributed by atoms with van der Waals surface area (Å²) in [5.41, 5.74) is 1.30. The number of hydrogen-bond acceptors (Lipinski definition) is 3. The van der Waals surface area contributed by atoms with Crippen LogP contribution < -0.4 is 5.90 Å². The monoisotopic (exact) mass is 183 g/mol. The van der Waals surface area contributed by atoms with E-state index in [0.717, 1.165) is 12.0 Å². The second-order valence-electron chi connectivity index (χ2n) is 2.32. The van der Waals surface area contributed by atoms with Crippen molar-refractivity contribution in [2.75, 3.05) is 0 Å². The minimum absolute atomic E-state index is 0.412. The molecule has 0 aliphatic rings. The first-order chi connectivity index (χ1) is 6.25. The Labute approximate surface area is 76.6 Å². The normalized spacial score (nSPS) is 8.54. The van der Waals surface area contributed by atoms with Crippen LogP contribution >= 0.6 is 0 Å². The van der Waals surface area contributed by atoms with Gasteiger partial charge in [-0.2, -0.15) is 0 Å². The van der Waals surface area contributed by atoms with Gasteiger partial charge in [0.25, 0.3) is 0 Å². The molecule has 0 atom stereocenters. The van der Waals surface area contributed by atoms with Crippen LogP contribution in [0.3, 0.4) is 0 Å². The molecule has 4 N–H and O–H groups in total. The zero-order chi connectivity index (χ0) is 10.3. The van der Waals surface area contributed by atoms with Crippen LogP contribution in [0.1, 0.15) is 22.8 Å². The number of benzene rings is 1. The van der Waals surface area contributed by atoms with Gasteiger partial charge in [-0.15, -0.1) is 0 Å². The van der Waals surface area contributed by atoms with Crippen molar-refractivity contribution in [3.63, 3.8) is 0 Å². The molecule has 13 heavy (non-hydrogen) atoms. The topological polar surface area (TPSA) is 83.5 Å². The van der Waals surface area contributed by atoms with Crippen molar-refractivity contribution >= 4 is 5.97 Å². The van der Waals surface area contributed by atoms with Gasteiger partial charge in [0.2, 0.25) is 0 Å². The summed E-state index contributed by atoms with van der Waals surface area (Å²) in [6, 6.07) is 7.05. The molecule has 0 unspecified atom stereocenters. The molecular weight excluding hydrogens is 170 g/mol. The summed E-state index contributed by atoms with van der Waals surface area (Å²) in [4.78, 5) is 10.6. The van der Waals surface area contributed by atoms with Crippen molar-refractivity contribution in [1.82, 2.24) is 0 Å². The van der Waals surface area contributed by atoms with E-state index >= 15 is 0 Å². The van der Waals surface area contributed by atoms with Crippen LogP contribution in [0, 0.1) is 0 Å². The van der Waals surface area contributed by atoms with Crippen LogP contribution in [0.25, 0.3) is 0 Å². The molecule has 0 bridgehead atoms. The van der Waals surface area contributed by atoms with Gasteiger partial charge in [0.05, 0.1) is 5.56 Å². The maximum absolute atomic E-state index is 10.6. The van der Waals surface area contributed by atoms with Crippen molar-refractivity contribution in [3.05, 3.63) is 35.4 Å². The second-order valence-corrected chi connectivity index (χ2v) is 2.32.